The SMILES string of the molecule is C=Cc1c(CC)cccc1Cc1cc(C)cc(CC(C)(C)C)c1C.CC.CCCCC. The fraction of sp³-hybridized carbons (Fsp3) is 0.548. The van der Waals surface area contributed by atoms with Gasteiger partial charge in [-0.2, -0.15) is 0 Å². The van der Waals surface area contributed by atoms with Gasteiger partial charge in [-0.1, -0.05) is 123 Å². The van der Waals surface area contributed by atoms with Crippen LogP contribution in [0.15, 0.2) is 36.9 Å². The lowest BCUT2D eigenvalue weighted by Gasteiger charge is -2.22. The lowest BCUT2D eigenvalue weighted by atomic mass is 9.83. The van der Waals surface area contributed by atoms with Crippen molar-refractivity contribution in [2.75, 3.05) is 0 Å². The topological polar surface area (TPSA) is 0 Å². The van der Waals surface area contributed by atoms with Crippen LogP contribution in [0.2, 0.25) is 0 Å². The van der Waals surface area contributed by atoms with Gasteiger partial charge < -0.3 is 0 Å². The van der Waals surface area contributed by atoms with Gasteiger partial charge in [0.05, 0.1) is 0 Å². The van der Waals surface area contributed by atoms with Crippen LogP contribution in [0.3, 0.4) is 0 Å². The first-order chi connectivity index (χ1) is 14.7. The Labute approximate surface area is 195 Å². The molecule has 0 radical (unpaired) electrons. The maximum atomic E-state index is 4.05. The molecule has 0 heteroatoms. The van der Waals surface area contributed by atoms with E-state index in [9.17, 15) is 0 Å². The molecule has 0 saturated heterocycles. The van der Waals surface area contributed by atoms with E-state index in [1.807, 2.05) is 19.9 Å². The molecule has 0 bridgehead atoms. The molecule has 0 saturated carbocycles. The van der Waals surface area contributed by atoms with E-state index < -0.39 is 0 Å². The van der Waals surface area contributed by atoms with Crippen molar-refractivity contribution in [2.45, 2.75) is 108 Å². The predicted octanol–water partition coefficient (Wildman–Crippen LogP) is 9.91. The van der Waals surface area contributed by atoms with E-state index in [-0.39, 0.29) is 0 Å². The second-order valence-corrected chi connectivity index (χ2v) is 9.52. The first-order valence-corrected chi connectivity index (χ1v) is 12.5. The van der Waals surface area contributed by atoms with Crippen LogP contribution in [-0.4, -0.2) is 0 Å². The Morgan fingerprint density at radius 3 is 1.84 bits per heavy atom. The van der Waals surface area contributed by atoms with E-state index in [1.165, 1.54) is 58.2 Å². The van der Waals surface area contributed by atoms with Gasteiger partial charge in [0.2, 0.25) is 0 Å². The Balaban J connectivity index is 0.00000113. The van der Waals surface area contributed by atoms with E-state index in [1.54, 1.807) is 0 Å². The molecule has 0 aliphatic carbocycles. The molecule has 2 aromatic carbocycles. The number of rotatable bonds is 7. The van der Waals surface area contributed by atoms with Crippen LogP contribution in [0.25, 0.3) is 6.08 Å². The molecule has 0 amide bonds. The summed E-state index contributed by atoms with van der Waals surface area (Å²) >= 11 is 0. The van der Waals surface area contributed by atoms with Crippen molar-refractivity contribution in [3.05, 3.63) is 75.9 Å². The summed E-state index contributed by atoms with van der Waals surface area (Å²) in [6.07, 6.45) is 9.26. The number of benzene rings is 2. The van der Waals surface area contributed by atoms with Gasteiger partial charge in [-0.05, 0) is 71.9 Å². The highest BCUT2D eigenvalue weighted by Gasteiger charge is 2.16. The molecule has 0 unspecified atom stereocenters. The van der Waals surface area contributed by atoms with Crippen molar-refractivity contribution >= 4 is 6.08 Å². The third-order valence-corrected chi connectivity index (χ3v) is 5.45. The molecule has 31 heavy (non-hydrogen) atoms. The van der Waals surface area contributed by atoms with Gasteiger partial charge in [0.1, 0.15) is 0 Å². The summed E-state index contributed by atoms with van der Waals surface area (Å²) in [5.41, 5.74) is 10.2. The minimum Gasteiger partial charge on any atom is -0.0984 e. The Kier molecular flexibility index (Phi) is 14.2. The second-order valence-electron chi connectivity index (χ2n) is 9.52. The molecule has 2 rings (SSSR count). The van der Waals surface area contributed by atoms with Crippen LogP contribution in [0.4, 0.5) is 0 Å². The molecule has 2 aromatic rings. The molecule has 0 spiro atoms. The average molecular weight is 423 g/mol. The minimum atomic E-state index is 0.310. The van der Waals surface area contributed by atoms with E-state index in [0.29, 0.717) is 5.41 Å². The molecule has 0 fully saturated rings. The molecule has 174 valence electrons. The Morgan fingerprint density at radius 1 is 0.839 bits per heavy atom. The van der Waals surface area contributed by atoms with E-state index in [0.717, 1.165) is 19.3 Å². The smallest absolute Gasteiger partial charge is 0.00169 e. The zero-order chi connectivity index (χ0) is 24.0. The van der Waals surface area contributed by atoms with Gasteiger partial charge in [0.25, 0.3) is 0 Å². The van der Waals surface area contributed by atoms with Gasteiger partial charge in [0.15, 0.2) is 0 Å². The van der Waals surface area contributed by atoms with Crippen molar-refractivity contribution in [1.29, 1.82) is 0 Å². The zero-order valence-electron chi connectivity index (χ0n) is 22.4. The number of hydrogen-bond donors (Lipinski definition) is 0. The molecule has 0 aliphatic heterocycles. The molecular weight excluding hydrogens is 372 g/mol. The highest BCUT2D eigenvalue weighted by Crippen LogP contribution is 2.28. The summed E-state index contributed by atoms with van der Waals surface area (Å²) < 4.78 is 0. The van der Waals surface area contributed by atoms with Crippen LogP contribution in [-0.2, 0) is 19.3 Å². The maximum Gasteiger partial charge on any atom is -0.00169 e. The van der Waals surface area contributed by atoms with Crippen molar-refractivity contribution in [3.63, 3.8) is 0 Å². The van der Waals surface area contributed by atoms with Gasteiger partial charge in [-0.3, -0.25) is 0 Å². The maximum absolute atomic E-state index is 4.05. The predicted molar refractivity (Wildman–Crippen MR) is 144 cm³/mol. The van der Waals surface area contributed by atoms with Gasteiger partial charge in [0, 0.05) is 0 Å². The van der Waals surface area contributed by atoms with Crippen LogP contribution in [0.1, 0.15) is 114 Å². The second kappa shape index (κ2) is 15.1. The Hall–Kier alpha value is -1.82. The van der Waals surface area contributed by atoms with Gasteiger partial charge >= 0.3 is 0 Å². The summed E-state index contributed by atoms with van der Waals surface area (Å²) in [6.45, 7) is 26.1. The first kappa shape index (κ1) is 29.2. The van der Waals surface area contributed by atoms with E-state index in [2.05, 4.69) is 92.3 Å². The number of hydrogen-bond acceptors (Lipinski definition) is 0. The highest BCUT2D eigenvalue weighted by molar-refractivity contribution is 5.58. The molecule has 0 aliphatic rings. The molecule has 0 nitrogen and oxygen atoms in total. The molecule has 0 aromatic heterocycles. The summed E-state index contributed by atoms with van der Waals surface area (Å²) in [7, 11) is 0. The molecule has 0 N–H and O–H groups in total. The summed E-state index contributed by atoms with van der Waals surface area (Å²) in [4.78, 5) is 0. The van der Waals surface area contributed by atoms with Crippen LogP contribution >= 0.6 is 0 Å². The Morgan fingerprint density at radius 2 is 1.39 bits per heavy atom. The van der Waals surface area contributed by atoms with E-state index in [4.69, 9.17) is 0 Å². The number of aryl methyl sites for hydroxylation is 2. The largest absolute Gasteiger partial charge is 0.0984 e. The third-order valence-electron chi connectivity index (χ3n) is 5.45. The highest BCUT2D eigenvalue weighted by atomic mass is 14.2. The number of unbranched alkanes of at least 4 members (excludes halogenated alkanes) is 2. The van der Waals surface area contributed by atoms with Gasteiger partial charge in [-0.25, -0.2) is 0 Å². The van der Waals surface area contributed by atoms with Crippen molar-refractivity contribution < 1.29 is 0 Å². The average Bonchev–Trinajstić information content (AvgIpc) is 2.72. The zero-order valence-corrected chi connectivity index (χ0v) is 22.4. The van der Waals surface area contributed by atoms with E-state index >= 15 is 0 Å². The summed E-state index contributed by atoms with van der Waals surface area (Å²) in [5.74, 6) is 0. The van der Waals surface area contributed by atoms with Gasteiger partial charge in [-0.15, -0.1) is 0 Å². The lowest BCUT2D eigenvalue weighted by molar-refractivity contribution is 0.410. The molecule has 0 heterocycles. The third kappa shape index (κ3) is 10.4. The first-order valence-electron chi connectivity index (χ1n) is 12.5. The quantitative estimate of drug-likeness (QED) is 0.416. The Bertz CT molecular complexity index is 769. The van der Waals surface area contributed by atoms with Crippen molar-refractivity contribution in [2.24, 2.45) is 5.41 Å². The molecular formula is C31H50. The van der Waals surface area contributed by atoms with Crippen LogP contribution in [0.5, 0.6) is 0 Å². The monoisotopic (exact) mass is 422 g/mol. The summed E-state index contributed by atoms with van der Waals surface area (Å²) in [5, 5.41) is 0. The van der Waals surface area contributed by atoms with Crippen molar-refractivity contribution in [3.8, 4) is 0 Å². The fourth-order valence-corrected chi connectivity index (χ4v) is 3.90. The standard InChI is InChI=1S/C24H32.C5H12.C2H6/c1-8-19-11-10-12-20(23(19)9-2)15-21-13-17(3)14-22(18(21)4)16-24(5,6)7;1-3-5-4-2;1-2/h9-14H,2,8,15-16H2,1,3-7H3;3-5H2,1-2H3;1-2H3. The normalized spacial score (nSPS) is 10.5. The molecule has 0 atom stereocenters. The fourth-order valence-electron chi connectivity index (χ4n) is 3.90. The minimum absolute atomic E-state index is 0.310. The lowest BCUT2D eigenvalue weighted by Crippen LogP contribution is -2.11. The summed E-state index contributed by atoms with van der Waals surface area (Å²) in [6, 6.07) is 11.4. The van der Waals surface area contributed by atoms with Crippen LogP contribution < -0.4 is 0 Å². The van der Waals surface area contributed by atoms with Crippen molar-refractivity contribution in [1.82, 2.24) is 0 Å². The van der Waals surface area contributed by atoms with Crippen LogP contribution in [0, 0.1) is 19.3 Å².